The zero-order valence-electron chi connectivity index (χ0n) is 10.8. The molecule has 102 valence electrons. The van der Waals surface area contributed by atoms with Crippen molar-refractivity contribution in [2.45, 2.75) is 24.6 Å². The summed E-state index contributed by atoms with van der Waals surface area (Å²) >= 11 is 1.69. The van der Waals surface area contributed by atoms with E-state index in [0.717, 1.165) is 11.4 Å². The second-order valence-corrected chi connectivity index (χ2v) is 8.70. The quantitative estimate of drug-likeness (QED) is 0.880. The Balaban J connectivity index is 1.97. The summed E-state index contributed by atoms with van der Waals surface area (Å²) in [6.07, 6.45) is 0.698. The molecule has 2 aromatic rings. The molecule has 0 radical (unpaired) electrons. The Kier molecular flexibility index (Phi) is 3.37. The Morgan fingerprint density at radius 3 is 2.89 bits per heavy atom. The lowest BCUT2D eigenvalue weighted by molar-refractivity contribution is 0.576. The lowest BCUT2D eigenvalue weighted by Gasteiger charge is -2.13. The predicted molar refractivity (Wildman–Crippen MR) is 80.4 cm³/mol. The number of hydrogen-bond donors (Lipinski definition) is 1. The fourth-order valence-electron chi connectivity index (χ4n) is 2.45. The van der Waals surface area contributed by atoms with Gasteiger partial charge in [-0.25, -0.2) is 8.42 Å². The minimum Gasteiger partial charge on any atom is -0.308 e. The van der Waals surface area contributed by atoms with E-state index in [1.54, 1.807) is 11.3 Å². The second-order valence-electron chi connectivity index (χ2n) is 5.12. The third-order valence-electron chi connectivity index (χ3n) is 3.74. The van der Waals surface area contributed by atoms with E-state index in [4.69, 9.17) is 0 Å². The first-order valence-electron chi connectivity index (χ1n) is 6.50. The molecule has 1 aromatic carbocycles. The highest BCUT2D eigenvalue weighted by atomic mass is 32.2. The van der Waals surface area contributed by atoms with Crippen LogP contribution in [0.4, 0.5) is 0 Å². The molecule has 1 aromatic heterocycles. The summed E-state index contributed by atoms with van der Waals surface area (Å²) in [6, 6.07) is 10.2. The van der Waals surface area contributed by atoms with E-state index in [9.17, 15) is 8.42 Å². The molecule has 0 bridgehead atoms. The van der Waals surface area contributed by atoms with Gasteiger partial charge in [0, 0.05) is 9.58 Å². The van der Waals surface area contributed by atoms with E-state index in [2.05, 4.69) is 23.5 Å². The smallest absolute Gasteiger partial charge is 0.154 e. The molecule has 0 amide bonds. The van der Waals surface area contributed by atoms with Crippen molar-refractivity contribution in [3.05, 3.63) is 35.2 Å². The molecule has 3 nitrogen and oxygen atoms in total. The third-order valence-corrected chi connectivity index (χ3v) is 7.23. The van der Waals surface area contributed by atoms with Crippen LogP contribution in [0.15, 0.2) is 30.3 Å². The largest absolute Gasteiger partial charge is 0.308 e. The van der Waals surface area contributed by atoms with Crippen molar-refractivity contribution in [2.75, 3.05) is 12.3 Å². The Morgan fingerprint density at radius 1 is 1.32 bits per heavy atom. The van der Waals surface area contributed by atoms with Gasteiger partial charge in [0.15, 0.2) is 9.84 Å². The highest BCUT2D eigenvalue weighted by Gasteiger charge is 2.30. The van der Waals surface area contributed by atoms with E-state index in [0.29, 0.717) is 6.42 Å². The van der Waals surface area contributed by atoms with Crippen molar-refractivity contribution in [1.29, 1.82) is 0 Å². The molecule has 0 saturated carbocycles. The molecule has 1 aliphatic heterocycles. The predicted octanol–water partition coefficient (Wildman–Crippen LogP) is 2.74. The first kappa shape index (κ1) is 13.1. The molecule has 2 unspecified atom stereocenters. The van der Waals surface area contributed by atoms with Gasteiger partial charge in [-0.1, -0.05) is 18.2 Å². The highest BCUT2D eigenvalue weighted by molar-refractivity contribution is 7.92. The Labute approximate surface area is 117 Å². The van der Waals surface area contributed by atoms with Crippen LogP contribution in [0.2, 0.25) is 0 Å². The van der Waals surface area contributed by atoms with Crippen LogP contribution in [0.3, 0.4) is 0 Å². The number of sulfone groups is 1. The van der Waals surface area contributed by atoms with Crippen LogP contribution in [-0.4, -0.2) is 26.0 Å². The van der Waals surface area contributed by atoms with Gasteiger partial charge >= 0.3 is 0 Å². The van der Waals surface area contributed by atoms with Crippen LogP contribution in [0.1, 0.15) is 24.3 Å². The third kappa shape index (κ3) is 2.55. The molecule has 1 saturated heterocycles. The molecule has 1 fully saturated rings. The fourth-order valence-corrected chi connectivity index (χ4v) is 5.27. The van der Waals surface area contributed by atoms with Gasteiger partial charge in [0.2, 0.25) is 0 Å². The van der Waals surface area contributed by atoms with Gasteiger partial charge in [0.1, 0.15) is 0 Å². The van der Waals surface area contributed by atoms with Gasteiger partial charge in [0.25, 0.3) is 0 Å². The molecular weight excluding hydrogens is 278 g/mol. The first-order chi connectivity index (χ1) is 9.06. The van der Waals surface area contributed by atoms with Crippen LogP contribution in [0.25, 0.3) is 10.1 Å². The van der Waals surface area contributed by atoms with Crippen LogP contribution >= 0.6 is 11.3 Å². The van der Waals surface area contributed by atoms with Gasteiger partial charge in [-0.15, -0.1) is 11.3 Å². The molecule has 0 aliphatic carbocycles. The van der Waals surface area contributed by atoms with Crippen molar-refractivity contribution in [3.63, 3.8) is 0 Å². The lowest BCUT2D eigenvalue weighted by atomic mass is 10.2. The average Bonchev–Trinajstić information content (AvgIpc) is 2.75. The average molecular weight is 295 g/mol. The molecule has 1 aliphatic rings. The van der Waals surface area contributed by atoms with Gasteiger partial charge < -0.3 is 5.32 Å². The second kappa shape index (κ2) is 4.89. The van der Waals surface area contributed by atoms with Crippen LogP contribution in [-0.2, 0) is 9.84 Å². The lowest BCUT2D eigenvalue weighted by Crippen LogP contribution is -2.25. The Morgan fingerprint density at radius 2 is 2.11 bits per heavy atom. The maximum atomic E-state index is 12.2. The summed E-state index contributed by atoms with van der Waals surface area (Å²) in [5, 5.41) is 4.33. The summed E-state index contributed by atoms with van der Waals surface area (Å²) in [7, 11) is -2.99. The molecule has 2 heterocycles. The Hall–Kier alpha value is -0.910. The van der Waals surface area contributed by atoms with Crippen molar-refractivity contribution in [1.82, 2.24) is 5.32 Å². The molecule has 5 heteroatoms. The van der Waals surface area contributed by atoms with Crippen molar-refractivity contribution in [2.24, 2.45) is 0 Å². The van der Waals surface area contributed by atoms with Crippen molar-refractivity contribution >= 4 is 31.3 Å². The molecular formula is C14H17NO2S2. The van der Waals surface area contributed by atoms with Crippen molar-refractivity contribution in [3.8, 4) is 0 Å². The van der Waals surface area contributed by atoms with E-state index in [1.165, 1.54) is 10.1 Å². The van der Waals surface area contributed by atoms with Gasteiger partial charge in [-0.05, 0) is 37.4 Å². The highest BCUT2D eigenvalue weighted by Crippen LogP contribution is 2.32. The number of fused-ring (bicyclic) bond motifs is 1. The van der Waals surface area contributed by atoms with E-state index in [-0.39, 0.29) is 17.0 Å². The van der Waals surface area contributed by atoms with Crippen LogP contribution in [0.5, 0.6) is 0 Å². The molecule has 0 spiro atoms. The summed E-state index contributed by atoms with van der Waals surface area (Å²) in [4.78, 5) is 1.12. The number of thiophene rings is 1. The molecule has 19 heavy (non-hydrogen) atoms. The maximum Gasteiger partial charge on any atom is 0.154 e. The summed E-state index contributed by atoms with van der Waals surface area (Å²) in [6.45, 7) is 2.57. The monoisotopic (exact) mass is 295 g/mol. The molecule has 3 rings (SSSR count). The topological polar surface area (TPSA) is 46.2 Å². The first-order valence-corrected chi connectivity index (χ1v) is 9.03. The maximum absolute atomic E-state index is 12.2. The molecule has 2 atom stereocenters. The minimum atomic E-state index is -2.99. The normalized spacial score (nSPS) is 27.2. The van der Waals surface area contributed by atoms with E-state index < -0.39 is 9.84 Å². The zero-order valence-corrected chi connectivity index (χ0v) is 12.4. The standard InChI is InChI=1S/C14H17NO2S2/c1-10-6-7-15-12(9-19(10,16)17)14-8-11-4-2-3-5-13(11)18-14/h2-5,8,10,12,15H,6-7,9H2,1H3. The number of rotatable bonds is 1. The fraction of sp³-hybridized carbons (Fsp3) is 0.429. The van der Waals surface area contributed by atoms with Gasteiger partial charge in [0.05, 0.1) is 17.0 Å². The van der Waals surface area contributed by atoms with Crippen molar-refractivity contribution < 1.29 is 8.42 Å². The zero-order chi connectivity index (χ0) is 13.5. The number of hydrogen-bond acceptors (Lipinski definition) is 4. The summed E-state index contributed by atoms with van der Waals surface area (Å²) in [5.41, 5.74) is 0. The summed E-state index contributed by atoms with van der Waals surface area (Å²) in [5.74, 6) is 0.209. The van der Waals surface area contributed by atoms with E-state index in [1.807, 2.05) is 19.1 Å². The van der Waals surface area contributed by atoms with Crippen LogP contribution in [0, 0.1) is 0 Å². The number of nitrogens with one attached hydrogen (secondary N) is 1. The SMILES string of the molecule is CC1CCNC(c2cc3ccccc3s2)CS1(=O)=O. The molecule has 1 N–H and O–H groups in total. The summed E-state index contributed by atoms with van der Waals surface area (Å²) < 4.78 is 25.5. The van der Waals surface area contributed by atoms with Gasteiger partial charge in [-0.3, -0.25) is 0 Å². The minimum absolute atomic E-state index is 0.0626. The number of benzene rings is 1. The Bertz CT molecular complexity index is 657. The van der Waals surface area contributed by atoms with E-state index >= 15 is 0 Å². The van der Waals surface area contributed by atoms with Gasteiger partial charge in [-0.2, -0.15) is 0 Å². The van der Waals surface area contributed by atoms with Crippen LogP contribution < -0.4 is 5.32 Å².